The first-order chi connectivity index (χ1) is 51.3. The minimum absolute atomic E-state index is 0.0505. The van der Waals surface area contributed by atoms with Gasteiger partial charge in [0, 0.05) is 17.8 Å². The van der Waals surface area contributed by atoms with E-state index in [2.05, 4.69) is 110 Å². The quantitative estimate of drug-likeness (QED) is 0.00833. The summed E-state index contributed by atoms with van der Waals surface area (Å²) >= 11 is 0. The zero-order valence-electron chi connectivity index (χ0n) is 62.8. The Balaban J connectivity index is 1.07. The minimum atomic E-state index is -3.48. The van der Waals surface area contributed by atoms with Crippen molar-refractivity contribution in [3.63, 3.8) is 0 Å². The van der Waals surface area contributed by atoms with Gasteiger partial charge in [0.15, 0.2) is 12.6 Å². The van der Waals surface area contributed by atoms with Crippen LogP contribution >= 0.6 is 8.46 Å². The van der Waals surface area contributed by atoms with Crippen LogP contribution in [0.5, 0.6) is 0 Å². The van der Waals surface area contributed by atoms with E-state index in [-0.39, 0.29) is 53.3 Å². The zero-order valence-corrected chi connectivity index (χ0v) is 65.8. The maximum atomic E-state index is 14.9. The molecule has 0 aliphatic carbocycles. The summed E-state index contributed by atoms with van der Waals surface area (Å²) < 4.78 is 102. The van der Waals surface area contributed by atoms with Crippen LogP contribution in [0.15, 0.2) is 192 Å². The van der Waals surface area contributed by atoms with E-state index < -0.39 is 167 Å². The Morgan fingerprint density at radius 2 is 0.907 bits per heavy atom. The Hall–Kier alpha value is -7.30. The van der Waals surface area contributed by atoms with Crippen LogP contribution in [-0.4, -0.2) is 178 Å². The van der Waals surface area contributed by atoms with E-state index in [0.717, 1.165) is 33.4 Å². The molecular formula is C78H99B2N6O18PSi2. The standard InChI is InChI=1S/C78H99B2N6O18PSi2/c1-48-60(46-95-106(77(7,8)9,56-35-23-15-24-36-56)57-37-25-16-26-38-57)98-75(65(84-86-82)71(48)105-80-79-91)102-67-50(3)69(101-73(90)55-33-21-14-22-34-55)76(100-61(67)44-92-52(5)87)103-66-49(2)64(83-85-81)74(99-63(66)47-96-107(78(10,11)12,58-39-27-17-28-40-58)59-41-29-18-30-42-59)104-70-62(45-93-53(6)88)97-72(89)51(4)68(70)94-43-54-31-19-13-20-32-54/h13-42,48-51,60-72,74-76,80,89,105H,43-47H2,1-12H3/t48-,49-,50+,51?,60?,61?,62?,63?,64?,65?,66+,67+,68+,69?,70?,71+,72?,74+,75+,76+/m1/s1. The van der Waals surface area contributed by atoms with Crippen molar-refractivity contribution in [2.75, 3.05) is 26.4 Å². The van der Waals surface area contributed by atoms with Crippen LogP contribution in [0.4, 0.5) is 0 Å². The van der Waals surface area contributed by atoms with Crippen molar-refractivity contribution in [1.29, 1.82) is 0 Å². The Kier molecular flexibility index (Phi) is 28.7. The van der Waals surface area contributed by atoms with Gasteiger partial charge in [-0.05, 0) is 44.6 Å². The number of esters is 3. The first-order valence-electron chi connectivity index (χ1n) is 36.6. The summed E-state index contributed by atoms with van der Waals surface area (Å²) in [6.45, 7) is 22.0. The molecule has 6 aromatic rings. The molecule has 11 unspecified atom stereocenters. The van der Waals surface area contributed by atoms with Crippen LogP contribution in [0.3, 0.4) is 0 Å². The summed E-state index contributed by atoms with van der Waals surface area (Å²) in [6, 6.07) is 55.8. The Morgan fingerprint density at radius 3 is 1.38 bits per heavy atom. The molecule has 0 bridgehead atoms. The summed E-state index contributed by atoms with van der Waals surface area (Å²) in [7, 11) is -5.91. The third kappa shape index (κ3) is 19.1. The average molecular weight is 1520 g/mol. The molecule has 568 valence electrons. The van der Waals surface area contributed by atoms with E-state index in [9.17, 15) is 35.3 Å². The summed E-state index contributed by atoms with van der Waals surface area (Å²) in [6.07, 6.45) is -16.1. The molecular weight excluding hydrogens is 1420 g/mol. The minimum Gasteiger partial charge on any atom is -0.0849 e. The molecule has 0 aromatic heterocycles. The van der Waals surface area contributed by atoms with E-state index in [1.165, 1.54) is 13.8 Å². The first-order valence-corrected chi connectivity index (χ1v) is 41.7. The van der Waals surface area contributed by atoms with Crippen molar-refractivity contribution in [2.45, 2.75) is 198 Å². The summed E-state index contributed by atoms with van der Waals surface area (Å²) in [5, 5.41) is 23.3. The van der Waals surface area contributed by atoms with Gasteiger partial charge in [0.2, 0.25) is 0 Å². The van der Waals surface area contributed by atoms with Gasteiger partial charge in [-0.3, -0.25) is 4.79 Å². The van der Waals surface area contributed by atoms with Crippen molar-refractivity contribution in [1.82, 2.24) is 0 Å². The zero-order chi connectivity index (χ0) is 76.6. The molecule has 0 saturated carbocycles. The van der Waals surface area contributed by atoms with E-state index in [1.54, 1.807) is 51.1 Å². The van der Waals surface area contributed by atoms with Gasteiger partial charge in [-0.1, -0.05) is 149 Å². The molecule has 10 rings (SSSR count). The number of hydrogen-bond donors (Lipinski definition) is 1. The SMILES string of the molecule is CC(=O)OCC1OC(O)C(C)[C@H](OCc2ccccc2)C1O[C@@H]1OC(CO[Si](c2ccccc2)(c2ccccc2)C(C)(C)C)[C@@H](O[C@@H]2OC(COC(C)=O)[C@@H](O[C@@H]3OC(CO[Si](c4ccccc4)(c4ccccc4)C(C)(C)C)[C@@H](C)[C@H](PBB=O)C3N=[N+]=[N-])[C@H](C)C2OC(=O)c2ccccc2)[C@H](C)C1N=[N+]=[N-]. The van der Waals surface area contributed by atoms with Gasteiger partial charge >= 0.3 is 314 Å². The van der Waals surface area contributed by atoms with E-state index in [0.29, 0.717) is 0 Å². The number of nitrogens with zero attached hydrogens (tertiary/aromatic N) is 6. The number of azide groups is 2. The van der Waals surface area contributed by atoms with Gasteiger partial charge in [-0.15, -0.1) is 0 Å². The molecule has 4 aliphatic heterocycles. The molecule has 24 nitrogen and oxygen atoms in total. The molecule has 0 spiro atoms. The van der Waals surface area contributed by atoms with Crippen molar-refractivity contribution < 1.29 is 85.2 Å². The molecule has 4 aliphatic rings. The number of aliphatic hydroxyl groups is 1. The number of benzene rings is 6. The predicted molar refractivity (Wildman–Crippen MR) is 411 cm³/mol. The van der Waals surface area contributed by atoms with Crippen molar-refractivity contribution >= 4 is 77.7 Å². The van der Waals surface area contributed by atoms with Gasteiger partial charge < -0.3 is 33.2 Å². The van der Waals surface area contributed by atoms with Gasteiger partial charge in [0.05, 0.1) is 25.4 Å². The van der Waals surface area contributed by atoms with Gasteiger partial charge in [0.1, 0.15) is 24.9 Å². The van der Waals surface area contributed by atoms with E-state index in [1.807, 2.05) is 110 Å². The second kappa shape index (κ2) is 37.4. The second-order valence-electron chi connectivity index (χ2n) is 30.0. The van der Waals surface area contributed by atoms with Gasteiger partial charge in [-0.25, -0.2) is 0 Å². The van der Waals surface area contributed by atoms with E-state index in [4.69, 9.17) is 61.0 Å². The third-order valence-corrected chi connectivity index (χ3v) is 32.7. The summed E-state index contributed by atoms with van der Waals surface area (Å²) in [5.74, 6) is -5.04. The molecule has 0 amide bonds. The fraction of sp³-hybridized carbons (Fsp3) is 0.500. The number of carbonyl (C=O) groups excluding carboxylic acids is 3. The molecule has 29 heteroatoms. The van der Waals surface area contributed by atoms with Crippen LogP contribution in [-0.2, 0) is 81.9 Å². The molecule has 6 aromatic carbocycles. The molecule has 0 radical (unpaired) electrons. The van der Waals surface area contributed by atoms with Crippen LogP contribution in [0.25, 0.3) is 20.9 Å². The molecule has 21 atom stereocenters. The normalized spacial score (nSPS) is 29.1. The van der Waals surface area contributed by atoms with Crippen LogP contribution in [0, 0.1) is 23.7 Å². The average Bonchev–Trinajstić information content (AvgIpc) is 0.742. The molecule has 107 heavy (non-hydrogen) atoms. The Morgan fingerprint density at radius 1 is 0.505 bits per heavy atom. The van der Waals surface area contributed by atoms with Gasteiger partial charge in [0.25, 0.3) is 8.32 Å². The first kappa shape index (κ1) is 82.2. The molecule has 1 N–H and O–H groups in total. The fourth-order valence-corrected chi connectivity index (χ4v) is 26.1. The van der Waals surface area contributed by atoms with Crippen molar-refractivity contribution in [3.8, 4) is 0 Å². The van der Waals surface area contributed by atoms with Gasteiger partial charge in [-0.2, -0.15) is 0 Å². The summed E-state index contributed by atoms with van der Waals surface area (Å²) in [4.78, 5) is 47.4. The maximum absolute atomic E-state index is 14.9. The second-order valence-corrected chi connectivity index (χ2v) is 40.1. The Labute approximate surface area is 631 Å². The van der Waals surface area contributed by atoms with Crippen LogP contribution < -0.4 is 20.7 Å². The van der Waals surface area contributed by atoms with Crippen molar-refractivity contribution in [3.05, 3.63) is 214 Å². The predicted octanol–water partition coefficient (Wildman–Crippen LogP) is 10.4. The summed E-state index contributed by atoms with van der Waals surface area (Å²) in [5.41, 5.74) is 21.7. The molecule has 4 fully saturated rings. The molecule has 4 heterocycles. The number of hydrogen-bond acceptors (Lipinski definition) is 20. The number of carbonyl (C=O) groups is 3. The smallest absolute Gasteiger partial charge is 0.0849 e. The van der Waals surface area contributed by atoms with E-state index >= 15 is 0 Å². The number of rotatable bonds is 30. The monoisotopic (exact) mass is 1520 g/mol. The number of ether oxygens (including phenoxy) is 11. The Bertz CT molecular complexity index is 3880. The topological polar surface area (TPSA) is 306 Å². The molecule has 4 saturated heterocycles. The van der Waals surface area contributed by atoms with Crippen LogP contribution in [0.2, 0.25) is 10.1 Å². The van der Waals surface area contributed by atoms with Crippen molar-refractivity contribution in [2.24, 2.45) is 33.9 Å². The fourth-order valence-electron chi connectivity index (χ4n) is 15.5. The number of aliphatic hydroxyl groups excluding tert-OH is 1. The third-order valence-electron chi connectivity index (χ3n) is 21.0. The van der Waals surface area contributed by atoms with Crippen LogP contribution in [0.1, 0.15) is 99.0 Å².